The summed E-state index contributed by atoms with van der Waals surface area (Å²) in [4.78, 5) is 25.6. The van der Waals surface area contributed by atoms with Gasteiger partial charge in [0.1, 0.15) is 10.8 Å². The highest BCUT2D eigenvalue weighted by molar-refractivity contribution is 7.99. The zero-order valence-corrected chi connectivity index (χ0v) is 19.3. The number of piperidine rings is 1. The number of hydrogen-bond donors (Lipinski definition) is 2. The van der Waals surface area contributed by atoms with Crippen molar-refractivity contribution in [3.05, 3.63) is 35.6 Å². The fraction of sp³-hybridized carbons (Fsp3) is 0.476. The van der Waals surface area contributed by atoms with Gasteiger partial charge >= 0.3 is 6.09 Å². The minimum atomic E-state index is -0.875. The van der Waals surface area contributed by atoms with Crippen LogP contribution in [0.4, 0.5) is 16.3 Å². The quantitative estimate of drug-likeness (QED) is 0.634. The highest BCUT2D eigenvalue weighted by Crippen LogP contribution is 2.37. The number of carbonyl (C=O) groups is 1. The van der Waals surface area contributed by atoms with E-state index in [0.717, 1.165) is 41.7 Å². The first kappa shape index (κ1) is 22.5. The lowest BCUT2D eigenvalue weighted by Gasteiger charge is -2.51. The van der Waals surface area contributed by atoms with Crippen molar-refractivity contribution < 1.29 is 9.90 Å². The van der Waals surface area contributed by atoms with Crippen LogP contribution < -0.4 is 10.6 Å². The van der Waals surface area contributed by atoms with Crippen molar-refractivity contribution in [2.45, 2.75) is 61.5 Å². The first-order chi connectivity index (χ1) is 14.0. The Bertz CT molecular complexity index is 909. The molecule has 0 bridgehead atoms. The molecular weight excluding hydrogens is 422 g/mol. The standard InChI is InChI=1S/C21H28ClN5O2S/c1-20(2,3)27(19(28)29)21(4)8-10-26(11-9-21)16-12-25-17(13-24-16)30-15-7-5-6-14(23)18(15)22/h5-7,12-13H,8-11,23H2,1-4H3,(H,28,29). The van der Waals surface area contributed by atoms with Gasteiger partial charge in [0.25, 0.3) is 0 Å². The molecule has 3 rings (SSSR count). The Kier molecular flexibility index (Phi) is 6.38. The van der Waals surface area contributed by atoms with Crippen LogP contribution in [0.25, 0.3) is 0 Å². The molecule has 0 radical (unpaired) electrons. The molecule has 0 saturated carbocycles. The van der Waals surface area contributed by atoms with Gasteiger partial charge in [0.05, 0.1) is 23.1 Å². The second kappa shape index (κ2) is 8.51. The summed E-state index contributed by atoms with van der Waals surface area (Å²) >= 11 is 7.67. The maximum atomic E-state index is 11.9. The van der Waals surface area contributed by atoms with E-state index in [1.165, 1.54) is 11.8 Å². The first-order valence-electron chi connectivity index (χ1n) is 9.83. The summed E-state index contributed by atoms with van der Waals surface area (Å²) < 4.78 is 0. The van der Waals surface area contributed by atoms with Crippen molar-refractivity contribution in [1.29, 1.82) is 0 Å². The summed E-state index contributed by atoms with van der Waals surface area (Å²) in [6.07, 6.45) is 4.07. The number of amides is 1. The summed E-state index contributed by atoms with van der Waals surface area (Å²) in [7, 11) is 0. The Morgan fingerprint density at radius 3 is 2.47 bits per heavy atom. The normalized spacial score (nSPS) is 16.4. The molecule has 1 aromatic carbocycles. The van der Waals surface area contributed by atoms with Crippen LogP contribution >= 0.6 is 23.4 Å². The van der Waals surface area contributed by atoms with Gasteiger partial charge in [-0.3, -0.25) is 4.90 Å². The Morgan fingerprint density at radius 1 is 1.27 bits per heavy atom. The summed E-state index contributed by atoms with van der Waals surface area (Å²) in [5, 5.41) is 11.0. The third-order valence-electron chi connectivity index (χ3n) is 5.39. The molecule has 1 fully saturated rings. The number of rotatable bonds is 4. The van der Waals surface area contributed by atoms with Crippen LogP contribution in [0.15, 0.2) is 40.5 Å². The van der Waals surface area contributed by atoms with Gasteiger partial charge in [-0.1, -0.05) is 29.4 Å². The maximum absolute atomic E-state index is 11.9. The number of anilines is 2. The Balaban J connectivity index is 1.67. The molecule has 1 aliphatic heterocycles. The van der Waals surface area contributed by atoms with Crippen molar-refractivity contribution in [3.8, 4) is 0 Å². The molecule has 0 unspecified atom stereocenters. The predicted octanol–water partition coefficient (Wildman–Crippen LogP) is 5.00. The molecule has 1 aromatic heterocycles. The fourth-order valence-electron chi connectivity index (χ4n) is 4.01. The molecule has 0 spiro atoms. The molecule has 1 amide bonds. The smallest absolute Gasteiger partial charge is 0.408 e. The average Bonchev–Trinajstić information content (AvgIpc) is 2.65. The van der Waals surface area contributed by atoms with Crippen molar-refractivity contribution in [2.24, 2.45) is 0 Å². The van der Waals surface area contributed by atoms with Crippen LogP contribution in [-0.2, 0) is 0 Å². The lowest BCUT2D eigenvalue weighted by atomic mass is 9.84. The summed E-state index contributed by atoms with van der Waals surface area (Å²) in [5.41, 5.74) is 5.53. The molecule has 7 nitrogen and oxygen atoms in total. The summed E-state index contributed by atoms with van der Waals surface area (Å²) in [5.74, 6) is 0.790. The van der Waals surface area contributed by atoms with Crippen molar-refractivity contribution in [3.63, 3.8) is 0 Å². The Labute approximate surface area is 186 Å². The minimum Gasteiger partial charge on any atom is -0.465 e. The molecule has 162 valence electrons. The van der Waals surface area contributed by atoms with Gasteiger partial charge in [0, 0.05) is 29.1 Å². The van der Waals surface area contributed by atoms with Gasteiger partial charge in [0.15, 0.2) is 0 Å². The van der Waals surface area contributed by atoms with Gasteiger partial charge < -0.3 is 15.7 Å². The average molecular weight is 450 g/mol. The van der Waals surface area contributed by atoms with Crippen molar-refractivity contribution >= 4 is 41.0 Å². The number of nitrogens with two attached hydrogens (primary N) is 1. The van der Waals surface area contributed by atoms with E-state index in [1.807, 2.05) is 39.8 Å². The van der Waals surface area contributed by atoms with E-state index in [-0.39, 0.29) is 0 Å². The summed E-state index contributed by atoms with van der Waals surface area (Å²) in [6.45, 7) is 9.29. The van der Waals surface area contributed by atoms with Crippen molar-refractivity contribution in [1.82, 2.24) is 14.9 Å². The van der Waals surface area contributed by atoms with Gasteiger partial charge in [-0.25, -0.2) is 14.8 Å². The number of nitrogens with zero attached hydrogens (tertiary/aromatic N) is 4. The zero-order valence-electron chi connectivity index (χ0n) is 17.7. The second-order valence-electron chi connectivity index (χ2n) is 8.75. The van der Waals surface area contributed by atoms with E-state index in [9.17, 15) is 9.90 Å². The number of hydrogen-bond acceptors (Lipinski definition) is 6. The molecule has 30 heavy (non-hydrogen) atoms. The highest BCUT2D eigenvalue weighted by atomic mass is 35.5. The molecule has 1 saturated heterocycles. The Morgan fingerprint density at radius 2 is 1.93 bits per heavy atom. The van der Waals surface area contributed by atoms with Crippen LogP contribution in [0.5, 0.6) is 0 Å². The second-order valence-corrected chi connectivity index (χ2v) is 10.2. The number of nitrogen functional groups attached to an aromatic ring is 1. The number of aromatic nitrogens is 2. The lowest BCUT2D eigenvalue weighted by molar-refractivity contribution is 0.0118. The van der Waals surface area contributed by atoms with E-state index in [2.05, 4.69) is 14.9 Å². The fourth-order valence-corrected chi connectivity index (χ4v) is 5.05. The molecule has 0 atom stereocenters. The highest BCUT2D eigenvalue weighted by Gasteiger charge is 2.44. The molecule has 9 heteroatoms. The van der Waals surface area contributed by atoms with Gasteiger partial charge in [0.2, 0.25) is 0 Å². The predicted molar refractivity (Wildman–Crippen MR) is 121 cm³/mol. The van der Waals surface area contributed by atoms with Crippen LogP contribution in [0, 0.1) is 0 Å². The molecule has 2 aromatic rings. The van der Waals surface area contributed by atoms with Crippen LogP contribution in [-0.4, -0.2) is 50.2 Å². The monoisotopic (exact) mass is 449 g/mol. The molecule has 2 heterocycles. The van der Waals surface area contributed by atoms with Crippen LogP contribution in [0.1, 0.15) is 40.5 Å². The van der Waals surface area contributed by atoms with Crippen LogP contribution in [0.2, 0.25) is 5.02 Å². The molecule has 3 N–H and O–H groups in total. The van der Waals surface area contributed by atoms with Gasteiger partial charge in [-0.2, -0.15) is 0 Å². The SMILES string of the molecule is CC(C)(C)N(C(=O)O)C1(C)CCN(c2cnc(Sc3cccc(N)c3Cl)cn2)CC1. The van der Waals surface area contributed by atoms with Gasteiger partial charge in [-0.15, -0.1) is 0 Å². The lowest BCUT2D eigenvalue weighted by Crippen LogP contribution is -2.61. The number of carboxylic acid groups (broad SMARTS) is 1. The minimum absolute atomic E-state index is 0.409. The molecule has 0 aliphatic carbocycles. The summed E-state index contributed by atoms with van der Waals surface area (Å²) in [6, 6.07) is 5.51. The first-order valence-corrected chi connectivity index (χ1v) is 11.0. The largest absolute Gasteiger partial charge is 0.465 e. The van der Waals surface area contributed by atoms with Gasteiger partial charge in [-0.05, 0) is 52.7 Å². The van der Waals surface area contributed by atoms with E-state index in [1.54, 1.807) is 23.4 Å². The van der Waals surface area contributed by atoms with E-state index in [0.29, 0.717) is 10.7 Å². The van der Waals surface area contributed by atoms with E-state index < -0.39 is 17.2 Å². The number of benzene rings is 1. The molecular formula is C21H28ClN5O2S. The van der Waals surface area contributed by atoms with Crippen molar-refractivity contribution in [2.75, 3.05) is 23.7 Å². The third kappa shape index (κ3) is 4.75. The zero-order chi connectivity index (χ0) is 22.1. The third-order valence-corrected chi connectivity index (χ3v) is 6.90. The Hall–Kier alpha value is -2.19. The maximum Gasteiger partial charge on any atom is 0.408 e. The topological polar surface area (TPSA) is 95.6 Å². The van der Waals surface area contributed by atoms with E-state index >= 15 is 0 Å². The van der Waals surface area contributed by atoms with E-state index in [4.69, 9.17) is 17.3 Å². The molecule has 1 aliphatic rings. The number of halogens is 1. The van der Waals surface area contributed by atoms with Crippen LogP contribution in [0.3, 0.4) is 0 Å².